The topological polar surface area (TPSA) is 54.0 Å². The molecule has 1 aliphatic rings. The number of fused-ring (bicyclic) bond motifs is 1. The van der Waals surface area contributed by atoms with Gasteiger partial charge in [0, 0.05) is 5.56 Å². The van der Waals surface area contributed by atoms with Crippen molar-refractivity contribution in [3.8, 4) is 23.0 Å². The molecule has 2 aromatic rings. The van der Waals surface area contributed by atoms with Gasteiger partial charge in [-0.3, -0.25) is 4.79 Å². The molecule has 0 amide bonds. The Balaban J connectivity index is 1.76. The third kappa shape index (κ3) is 4.75. The molecule has 0 radical (unpaired) electrons. The monoisotopic (exact) mass is 376 g/mol. The first-order valence-electron chi connectivity index (χ1n) is 8.40. The average molecular weight is 376 g/mol. The highest BCUT2D eigenvalue weighted by Crippen LogP contribution is 2.32. The molecule has 5 nitrogen and oxygen atoms in total. The zero-order valence-electron chi connectivity index (χ0n) is 14.6. The molecule has 1 aliphatic heterocycles. The minimum atomic E-state index is -2.94. The zero-order valence-corrected chi connectivity index (χ0v) is 14.6. The average Bonchev–Trinajstić information content (AvgIpc) is 2.67. The summed E-state index contributed by atoms with van der Waals surface area (Å²) in [6.45, 7) is 0.00649. The van der Waals surface area contributed by atoms with Crippen molar-refractivity contribution in [2.75, 3.05) is 19.8 Å². The van der Waals surface area contributed by atoms with Crippen LogP contribution in [0.15, 0.2) is 42.5 Å². The van der Waals surface area contributed by atoms with Gasteiger partial charge in [-0.15, -0.1) is 0 Å². The number of alkyl halides is 2. The number of benzene rings is 2. The van der Waals surface area contributed by atoms with Crippen LogP contribution in [0, 0.1) is 0 Å². The molecular formula is C20H18F2O5. The van der Waals surface area contributed by atoms with E-state index in [1.807, 2.05) is 0 Å². The highest BCUT2D eigenvalue weighted by atomic mass is 19.3. The number of rotatable bonds is 7. The van der Waals surface area contributed by atoms with E-state index in [9.17, 15) is 13.6 Å². The van der Waals surface area contributed by atoms with Crippen LogP contribution < -0.4 is 18.9 Å². The number of carbonyl (C=O) groups excluding carboxylic acids is 1. The van der Waals surface area contributed by atoms with Crippen molar-refractivity contribution < 1.29 is 32.5 Å². The predicted molar refractivity (Wildman–Crippen MR) is 95.0 cm³/mol. The molecule has 2 aromatic carbocycles. The summed E-state index contributed by atoms with van der Waals surface area (Å²) in [5.41, 5.74) is 1.07. The summed E-state index contributed by atoms with van der Waals surface area (Å²) in [5, 5.41) is 0. The maximum absolute atomic E-state index is 12.4. The van der Waals surface area contributed by atoms with E-state index in [0.717, 1.165) is 0 Å². The Morgan fingerprint density at radius 1 is 1.11 bits per heavy atom. The molecular weight excluding hydrogens is 358 g/mol. The summed E-state index contributed by atoms with van der Waals surface area (Å²) in [7, 11) is 0. The lowest BCUT2D eigenvalue weighted by Gasteiger charge is -2.18. The molecule has 0 bridgehead atoms. The number of allylic oxidation sites excluding steroid dienone is 1. The maximum Gasteiger partial charge on any atom is 0.387 e. The molecule has 0 saturated heterocycles. The Kier molecular flexibility index (Phi) is 5.90. The molecule has 0 aliphatic carbocycles. The number of ether oxygens (including phenoxy) is 4. The maximum atomic E-state index is 12.4. The minimum absolute atomic E-state index is 0.0536. The van der Waals surface area contributed by atoms with E-state index in [0.29, 0.717) is 42.4 Å². The second-order valence-electron chi connectivity index (χ2n) is 5.57. The Morgan fingerprint density at radius 2 is 1.89 bits per heavy atom. The van der Waals surface area contributed by atoms with Gasteiger partial charge >= 0.3 is 6.61 Å². The summed E-state index contributed by atoms with van der Waals surface area (Å²) >= 11 is 0. The molecule has 0 aromatic heterocycles. The Labute approximate surface area is 155 Å². The summed E-state index contributed by atoms with van der Waals surface area (Å²) < 4.78 is 45.5. The molecule has 1 heterocycles. The van der Waals surface area contributed by atoms with Gasteiger partial charge in [-0.05, 0) is 48.9 Å². The summed E-state index contributed by atoms with van der Waals surface area (Å²) in [4.78, 5) is 12.4. The van der Waals surface area contributed by atoms with Gasteiger partial charge in [0.1, 0.15) is 13.2 Å². The first kappa shape index (κ1) is 18.7. The largest absolute Gasteiger partial charge is 0.490 e. The van der Waals surface area contributed by atoms with E-state index in [1.165, 1.54) is 18.2 Å². The van der Waals surface area contributed by atoms with Crippen LogP contribution in [0.4, 0.5) is 8.78 Å². The van der Waals surface area contributed by atoms with Gasteiger partial charge in [-0.1, -0.05) is 12.1 Å². The molecule has 0 unspecified atom stereocenters. The van der Waals surface area contributed by atoms with E-state index in [-0.39, 0.29) is 17.3 Å². The third-order valence-corrected chi connectivity index (χ3v) is 3.74. The Hall–Kier alpha value is -3.09. The molecule has 142 valence electrons. The summed E-state index contributed by atoms with van der Waals surface area (Å²) in [6.07, 6.45) is 2.97. The first-order chi connectivity index (χ1) is 13.1. The summed E-state index contributed by atoms with van der Waals surface area (Å²) in [6, 6.07) is 9.46. The van der Waals surface area contributed by atoms with Crippen LogP contribution in [0.2, 0.25) is 0 Å². The number of halogens is 2. The van der Waals surface area contributed by atoms with Crippen LogP contribution in [0.25, 0.3) is 6.08 Å². The van der Waals surface area contributed by atoms with Crippen molar-refractivity contribution in [1.29, 1.82) is 0 Å². The predicted octanol–water partition coefficient (Wildman–Crippen LogP) is 4.35. The molecule has 0 atom stereocenters. The van der Waals surface area contributed by atoms with Gasteiger partial charge in [0.2, 0.25) is 0 Å². The number of carbonyl (C=O) groups is 1. The fraction of sp³-hybridized carbons (Fsp3) is 0.250. The first-order valence-corrected chi connectivity index (χ1v) is 8.40. The van der Waals surface area contributed by atoms with Crippen LogP contribution in [0.1, 0.15) is 22.8 Å². The lowest BCUT2D eigenvalue weighted by molar-refractivity contribution is -0.0514. The normalized spacial score (nSPS) is 13.0. The SMILES string of the molecule is CCOc1cc(/C=C/C(=O)c2ccc3c(c2)OCCO3)ccc1OC(F)F. The van der Waals surface area contributed by atoms with E-state index >= 15 is 0 Å². The lowest BCUT2D eigenvalue weighted by Crippen LogP contribution is -2.15. The van der Waals surface area contributed by atoms with Gasteiger partial charge in [-0.25, -0.2) is 0 Å². The van der Waals surface area contributed by atoms with Crippen LogP contribution in [-0.4, -0.2) is 32.2 Å². The highest BCUT2D eigenvalue weighted by Gasteiger charge is 2.14. The molecule has 27 heavy (non-hydrogen) atoms. The number of hydrogen-bond acceptors (Lipinski definition) is 5. The molecule has 0 N–H and O–H groups in total. The molecule has 7 heteroatoms. The van der Waals surface area contributed by atoms with Gasteiger partial charge < -0.3 is 18.9 Å². The third-order valence-electron chi connectivity index (χ3n) is 3.74. The van der Waals surface area contributed by atoms with Crippen molar-refractivity contribution in [3.63, 3.8) is 0 Å². The van der Waals surface area contributed by atoms with E-state index in [4.69, 9.17) is 14.2 Å². The van der Waals surface area contributed by atoms with Crippen molar-refractivity contribution in [1.82, 2.24) is 0 Å². The Morgan fingerprint density at radius 3 is 2.63 bits per heavy atom. The van der Waals surface area contributed by atoms with Crippen molar-refractivity contribution in [3.05, 3.63) is 53.6 Å². The fourth-order valence-corrected chi connectivity index (χ4v) is 2.55. The van der Waals surface area contributed by atoms with Crippen molar-refractivity contribution >= 4 is 11.9 Å². The van der Waals surface area contributed by atoms with Crippen LogP contribution >= 0.6 is 0 Å². The van der Waals surface area contributed by atoms with Crippen LogP contribution in [-0.2, 0) is 0 Å². The molecule has 0 saturated carbocycles. The fourth-order valence-electron chi connectivity index (χ4n) is 2.55. The number of hydrogen-bond donors (Lipinski definition) is 0. The molecule has 0 spiro atoms. The standard InChI is InChI=1S/C20H18F2O5/c1-2-24-18-11-13(4-7-17(18)27-20(21)22)3-6-15(23)14-5-8-16-19(12-14)26-10-9-25-16/h3-8,11-12,20H,2,9-10H2,1H3/b6-3+. The molecule has 3 rings (SSSR count). The van der Waals surface area contributed by atoms with Crippen LogP contribution in [0.3, 0.4) is 0 Å². The quantitative estimate of drug-likeness (QED) is 0.531. The van der Waals surface area contributed by atoms with Crippen molar-refractivity contribution in [2.45, 2.75) is 13.5 Å². The van der Waals surface area contributed by atoms with E-state index in [2.05, 4.69) is 4.74 Å². The van der Waals surface area contributed by atoms with Gasteiger partial charge in [0.15, 0.2) is 28.8 Å². The Bertz CT molecular complexity index is 848. The lowest BCUT2D eigenvalue weighted by atomic mass is 10.1. The van der Waals surface area contributed by atoms with Gasteiger partial charge in [0.05, 0.1) is 6.61 Å². The van der Waals surface area contributed by atoms with Crippen molar-refractivity contribution in [2.24, 2.45) is 0 Å². The van der Waals surface area contributed by atoms with E-state index in [1.54, 1.807) is 37.3 Å². The minimum Gasteiger partial charge on any atom is -0.490 e. The smallest absolute Gasteiger partial charge is 0.387 e. The summed E-state index contributed by atoms with van der Waals surface area (Å²) in [5.74, 6) is 1.05. The van der Waals surface area contributed by atoms with Crippen LogP contribution in [0.5, 0.6) is 23.0 Å². The second kappa shape index (κ2) is 8.53. The van der Waals surface area contributed by atoms with Gasteiger partial charge in [-0.2, -0.15) is 8.78 Å². The second-order valence-corrected chi connectivity index (χ2v) is 5.57. The highest BCUT2D eigenvalue weighted by molar-refractivity contribution is 6.07. The number of ketones is 1. The van der Waals surface area contributed by atoms with E-state index < -0.39 is 6.61 Å². The molecule has 0 fully saturated rings. The van der Waals surface area contributed by atoms with Gasteiger partial charge in [0.25, 0.3) is 0 Å². The zero-order chi connectivity index (χ0) is 19.2.